The van der Waals surface area contributed by atoms with Gasteiger partial charge in [0.15, 0.2) is 0 Å². The molecule has 0 saturated carbocycles. The lowest BCUT2D eigenvalue weighted by molar-refractivity contribution is -0.138. The number of carboxylic acids is 1. The summed E-state index contributed by atoms with van der Waals surface area (Å²) in [5.74, 6) is -1.11. The molecule has 3 rings (SSSR count). The highest BCUT2D eigenvalue weighted by molar-refractivity contribution is 7.93. The van der Waals surface area contributed by atoms with Gasteiger partial charge in [-0.3, -0.25) is 4.31 Å². The Morgan fingerprint density at radius 3 is 2.57 bits per heavy atom. The van der Waals surface area contributed by atoms with Crippen LogP contribution in [-0.2, 0) is 26.0 Å². The zero-order chi connectivity index (χ0) is 15.0. The van der Waals surface area contributed by atoms with E-state index in [2.05, 4.69) is 0 Å². The minimum absolute atomic E-state index is 0.216. The number of nitrogens with zero attached hydrogens (tertiary/aromatic N) is 1. The van der Waals surface area contributed by atoms with Crippen molar-refractivity contribution in [3.63, 3.8) is 0 Å². The first kappa shape index (κ1) is 14.3. The Morgan fingerprint density at radius 2 is 1.90 bits per heavy atom. The first-order chi connectivity index (χ1) is 10.0. The highest BCUT2D eigenvalue weighted by Crippen LogP contribution is 2.37. The maximum Gasteiger partial charge on any atom is 0.327 e. The molecule has 7 heteroatoms. The number of para-hydroxylation sites is 1. The smallest absolute Gasteiger partial charge is 0.327 e. The summed E-state index contributed by atoms with van der Waals surface area (Å²) < 4.78 is 32.1. The van der Waals surface area contributed by atoms with Gasteiger partial charge >= 0.3 is 5.97 Å². The quantitative estimate of drug-likeness (QED) is 0.900. The van der Waals surface area contributed by atoms with E-state index < -0.39 is 27.3 Å². The van der Waals surface area contributed by atoms with E-state index >= 15 is 0 Å². The van der Waals surface area contributed by atoms with Gasteiger partial charge in [0.2, 0.25) is 10.0 Å². The van der Waals surface area contributed by atoms with Crippen LogP contribution in [0.3, 0.4) is 0 Å². The highest BCUT2D eigenvalue weighted by Gasteiger charge is 2.44. The number of hydrogen-bond acceptors (Lipinski definition) is 4. The fourth-order valence-electron chi connectivity index (χ4n) is 2.99. The average Bonchev–Trinajstić information content (AvgIpc) is 2.88. The number of hydrogen-bond donors (Lipinski definition) is 1. The van der Waals surface area contributed by atoms with E-state index in [1.807, 2.05) is 0 Å². The van der Waals surface area contributed by atoms with E-state index in [0.717, 1.165) is 9.87 Å². The molecule has 2 heterocycles. The Hall–Kier alpha value is -1.60. The van der Waals surface area contributed by atoms with E-state index in [1.165, 1.54) is 0 Å². The number of benzene rings is 1. The summed E-state index contributed by atoms with van der Waals surface area (Å²) in [6.07, 6.45) is 1.04. The van der Waals surface area contributed by atoms with Crippen LogP contribution in [0.4, 0.5) is 5.69 Å². The van der Waals surface area contributed by atoms with Crippen LogP contribution in [0.15, 0.2) is 24.3 Å². The van der Waals surface area contributed by atoms with Crippen LogP contribution in [0.5, 0.6) is 0 Å². The zero-order valence-corrected chi connectivity index (χ0v) is 12.3. The summed E-state index contributed by atoms with van der Waals surface area (Å²) in [5, 5.41) is 8.82. The normalized spacial score (nSPS) is 23.0. The van der Waals surface area contributed by atoms with Gasteiger partial charge in [0, 0.05) is 19.6 Å². The predicted molar refractivity (Wildman–Crippen MR) is 76.8 cm³/mol. The van der Waals surface area contributed by atoms with Crippen LogP contribution < -0.4 is 4.31 Å². The minimum Gasteiger partial charge on any atom is -0.480 e. The van der Waals surface area contributed by atoms with Gasteiger partial charge in [-0.2, -0.15) is 0 Å². The second-order valence-electron chi connectivity index (χ2n) is 5.34. The van der Waals surface area contributed by atoms with Crippen molar-refractivity contribution in [3.8, 4) is 0 Å². The third-order valence-electron chi connectivity index (χ3n) is 4.07. The Balaban J connectivity index is 2.02. The van der Waals surface area contributed by atoms with Crippen LogP contribution >= 0.6 is 0 Å². The maximum absolute atomic E-state index is 12.9. The fraction of sp³-hybridized carbons (Fsp3) is 0.500. The molecule has 21 heavy (non-hydrogen) atoms. The van der Waals surface area contributed by atoms with Crippen LogP contribution in [0, 0.1) is 0 Å². The van der Waals surface area contributed by atoms with Crippen molar-refractivity contribution in [2.75, 3.05) is 17.5 Å². The topological polar surface area (TPSA) is 83.9 Å². The molecule has 0 aromatic heterocycles. The van der Waals surface area contributed by atoms with Crippen LogP contribution in [0.25, 0.3) is 0 Å². The minimum atomic E-state index is -3.70. The molecule has 1 atom stereocenters. The van der Waals surface area contributed by atoms with Gasteiger partial charge in [0.25, 0.3) is 0 Å². The van der Waals surface area contributed by atoms with Crippen molar-refractivity contribution in [1.29, 1.82) is 0 Å². The summed E-state index contributed by atoms with van der Waals surface area (Å²) in [5.41, 5.74) is 1.26. The fourth-order valence-corrected chi connectivity index (χ4v) is 5.08. The number of rotatable bonds is 3. The Morgan fingerprint density at radius 1 is 1.24 bits per heavy atom. The first-order valence-corrected chi connectivity index (χ1v) is 8.44. The van der Waals surface area contributed by atoms with Gasteiger partial charge in [-0.1, -0.05) is 18.2 Å². The SMILES string of the molecule is O=C(O)C1Cc2ccccc2N1S(=O)(=O)C1CCOCC1. The summed E-state index contributed by atoms with van der Waals surface area (Å²) in [7, 11) is -3.70. The average molecular weight is 311 g/mol. The van der Waals surface area contributed by atoms with Gasteiger partial charge < -0.3 is 9.84 Å². The number of carbonyl (C=O) groups is 1. The standard InChI is InChI=1S/C14H17NO5S/c16-14(17)13-9-10-3-1-2-4-12(10)15(13)21(18,19)11-5-7-20-8-6-11/h1-4,11,13H,5-9H2,(H,16,17). The van der Waals surface area contributed by atoms with E-state index in [1.54, 1.807) is 24.3 Å². The third-order valence-corrected chi connectivity index (χ3v) is 6.39. The number of ether oxygens (including phenoxy) is 1. The molecule has 6 nitrogen and oxygen atoms in total. The largest absolute Gasteiger partial charge is 0.480 e. The van der Waals surface area contributed by atoms with E-state index in [4.69, 9.17) is 4.74 Å². The van der Waals surface area contributed by atoms with Crippen LogP contribution in [0.1, 0.15) is 18.4 Å². The number of sulfonamides is 1. The van der Waals surface area contributed by atoms with Crippen molar-refractivity contribution in [2.24, 2.45) is 0 Å². The van der Waals surface area contributed by atoms with E-state index in [0.29, 0.717) is 31.7 Å². The molecule has 1 aromatic carbocycles. The highest BCUT2D eigenvalue weighted by atomic mass is 32.2. The lowest BCUT2D eigenvalue weighted by Gasteiger charge is -2.31. The van der Waals surface area contributed by atoms with Gasteiger partial charge in [0.1, 0.15) is 6.04 Å². The van der Waals surface area contributed by atoms with E-state index in [9.17, 15) is 18.3 Å². The van der Waals surface area contributed by atoms with Gasteiger partial charge in [-0.15, -0.1) is 0 Å². The van der Waals surface area contributed by atoms with Crippen molar-refractivity contribution >= 4 is 21.7 Å². The van der Waals surface area contributed by atoms with Gasteiger partial charge in [-0.05, 0) is 24.5 Å². The zero-order valence-electron chi connectivity index (χ0n) is 11.4. The molecule has 1 N–H and O–H groups in total. The lowest BCUT2D eigenvalue weighted by Crippen LogP contribution is -2.48. The lowest BCUT2D eigenvalue weighted by atomic mass is 10.1. The van der Waals surface area contributed by atoms with Gasteiger partial charge in [0.05, 0.1) is 10.9 Å². The molecule has 2 aliphatic heterocycles. The molecule has 1 aromatic rings. The molecule has 1 unspecified atom stereocenters. The van der Waals surface area contributed by atoms with Crippen LogP contribution in [-0.4, -0.2) is 44.0 Å². The first-order valence-electron chi connectivity index (χ1n) is 6.93. The molecule has 0 aliphatic carbocycles. The molecule has 0 spiro atoms. The summed E-state index contributed by atoms with van der Waals surface area (Å²) in [6, 6.07) is 5.94. The molecule has 0 radical (unpaired) electrons. The maximum atomic E-state index is 12.9. The Kier molecular flexibility index (Phi) is 3.62. The number of aliphatic carboxylic acids is 1. The molecular formula is C14H17NO5S. The molecule has 1 saturated heterocycles. The number of carboxylic acid groups (broad SMARTS) is 1. The summed E-state index contributed by atoms with van der Waals surface area (Å²) in [6.45, 7) is 0.800. The number of anilines is 1. The molecule has 2 aliphatic rings. The predicted octanol–water partition coefficient (Wildman–Crippen LogP) is 1.01. The summed E-state index contributed by atoms with van der Waals surface area (Å²) >= 11 is 0. The Bertz CT molecular complexity index is 651. The van der Waals surface area contributed by atoms with Crippen molar-refractivity contribution in [2.45, 2.75) is 30.6 Å². The monoisotopic (exact) mass is 311 g/mol. The summed E-state index contributed by atoms with van der Waals surface area (Å²) in [4.78, 5) is 11.5. The second kappa shape index (κ2) is 5.31. The molecule has 1 fully saturated rings. The van der Waals surface area contributed by atoms with Crippen molar-refractivity contribution < 1.29 is 23.1 Å². The molecule has 114 valence electrons. The van der Waals surface area contributed by atoms with Gasteiger partial charge in [-0.25, -0.2) is 13.2 Å². The Labute approximate surface area is 123 Å². The third kappa shape index (κ3) is 2.40. The molecule has 0 bridgehead atoms. The van der Waals surface area contributed by atoms with E-state index in [-0.39, 0.29) is 6.42 Å². The molecular weight excluding hydrogens is 294 g/mol. The van der Waals surface area contributed by atoms with Crippen LogP contribution in [0.2, 0.25) is 0 Å². The number of fused-ring (bicyclic) bond motifs is 1. The second-order valence-corrected chi connectivity index (χ2v) is 7.43. The molecule has 0 amide bonds. The van der Waals surface area contributed by atoms with Crippen molar-refractivity contribution in [3.05, 3.63) is 29.8 Å². The van der Waals surface area contributed by atoms with Crippen molar-refractivity contribution in [1.82, 2.24) is 0 Å².